The van der Waals surface area contributed by atoms with Gasteiger partial charge in [-0.1, -0.05) is 6.07 Å². The van der Waals surface area contributed by atoms with Gasteiger partial charge in [0.25, 0.3) is 0 Å². The van der Waals surface area contributed by atoms with Crippen molar-refractivity contribution in [3.05, 3.63) is 23.9 Å². The summed E-state index contributed by atoms with van der Waals surface area (Å²) in [6, 6.07) is 3.57. The van der Waals surface area contributed by atoms with E-state index in [0.29, 0.717) is 12.3 Å². The highest BCUT2D eigenvalue weighted by Crippen LogP contribution is 2.34. The van der Waals surface area contributed by atoms with Crippen LogP contribution in [0.2, 0.25) is 0 Å². The molecular weight excluding hydrogens is 385 g/mol. The van der Waals surface area contributed by atoms with E-state index in [0.717, 1.165) is 31.7 Å². The lowest BCUT2D eigenvalue weighted by atomic mass is 10.2. The van der Waals surface area contributed by atoms with Crippen molar-refractivity contribution in [3.63, 3.8) is 0 Å². The molecule has 0 aliphatic heterocycles. The minimum absolute atomic E-state index is 0.0133. The summed E-state index contributed by atoms with van der Waals surface area (Å²) in [7, 11) is 0. The Bertz CT molecular complexity index is 873. The van der Waals surface area contributed by atoms with Crippen LogP contribution in [0.25, 0.3) is 11.5 Å². The number of anilines is 2. The van der Waals surface area contributed by atoms with Gasteiger partial charge < -0.3 is 15.7 Å². The zero-order valence-electron chi connectivity index (χ0n) is 15.9. The van der Waals surface area contributed by atoms with E-state index in [1.54, 1.807) is 0 Å². The molecule has 10 heteroatoms. The maximum atomic E-state index is 13.1. The zero-order valence-corrected chi connectivity index (χ0v) is 15.9. The Morgan fingerprint density at radius 1 is 1.03 bits per heavy atom. The van der Waals surface area contributed by atoms with Crippen LogP contribution < -0.4 is 10.6 Å². The van der Waals surface area contributed by atoms with Crippen molar-refractivity contribution < 1.29 is 18.3 Å². The van der Waals surface area contributed by atoms with E-state index < -0.39 is 18.0 Å². The molecule has 0 spiro atoms. The largest absolute Gasteiger partial charge is 0.433 e. The topological polar surface area (TPSA) is 95.9 Å². The van der Waals surface area contributed by atoms with Gasteiger partial charge in [-0.25, -0.2) is 4.98 Å². The van der Waals surface area contributed by atoms with Gasteiger partial charge in [-0.2, -0.15) is 28.1 Å². The summed E-state index contributed by atoms with van der Waals surface area (Å²) in [5.41, 5.74) is -0.989. The van der Waals surface area contributed by atoms with Crippen molar-refractivity contribution in [3.8, 4) is 11.5 Å². The first kappa shape index (κ1) is 19.8. The lowest BCUT2D eigenvalue weighted by Gasteiger charge is -2.18. The van der Waals surface area contributed by atoms with E-state index in [2.05, 4.69) is 30.6 Å². The van der Waals surface area contributed by atoms with Gasteiger partial charge in [0.05, 0.1) is 12.1 Å². The molecule has 2 aliphatic carbocycles. The first-order valence-corrected chi connectivity index (χ1v) is 9.81. The highest BCUT2D eigenvalue weighted by Gasteiger charge is 2.33. The van der Waals surface area contributed by atoms with Crippen molar-refractivity contribution in [2.75, 3.05) is 10.6 Å². The number of aliphatic hydroxyl groups is 1. The van der Waals surface area contributed by atoms with Crippen LogP contribution in [0.1, 0.15) is 44.7 Å². The van der Waals surface area contributed by atoms with Gasteiger partial charge in [0.15, 0.2) is 5.82 Å². The molecule has 156 valence electrons. The number of alkyl halides is 3. The maximum Gasteiger partial charge on any atom is 0.433 e. The Hall–Kier alpha value is -2.49. The summed E-state index contributed by atoms with van der Waals surface area (Å²) >= 11 is 0. The first-order chi connectivity index (χ1) is 13.8. The fourth-order valence-corrected chi connectivity index (χ4v) is 3.53. The normalized spacial score (nSPS) is 23.1. The Labute approximate surface area is 166 Å². The lowest BCUT2D eigenvalue weighted by molar-refractivity contribution is -0.141. The van der Waals surface area contributed by atoms with Gasteiger partial charge in [0, 0.05) is 6.04 Å². The summed E-state index contributed by atoms with van der Waals surface area (Å²) in [6.45, 7) is 2.03. The minimum atomic E-state index is -4.56. The van der Waals surface area contributed by atoms with Gasteiger partial charge in [0.2, 0.25) is 11.9 Å². The highest BCUT2D eigenvalue weighted by atomic mass is 19.4. The zero-order chi connectivity index (χ0) is 20.6. The fourth-order valence-electron chi connectivity index (χ4n) is 3.53. The number of nitrogens with zero attached hydrogens (tertiary/aromatic N) is 4. The fraction of sp³-hybridized carbons (Fsp3) is 0.579. The van der Waals surface area contributed by atoms with E-state index in [4.69, 9.17) is 0 Å². The first-order valence-electron chi connectivity index (χ1n) is 9.81. The molecule has 3 atom stereocenters. The Morgan fingerprint density at radius 3 is 2.45 bits per heavy atom. The number of pyridine rings is 1. The number of aliphatic hydroxyl groups excluding tert-OH is 1. The number of aromatic nitrogens is 4. The number of halogens is 3. The highest BCUT2D eigenvalue weighted by molar-refractivity contribution is 5.54. The number of hydrogen-bond acceptors (Lipinski definition) is 7. The van der Waals surface area contributed by atoms with E-state index in [-0.39, 0.29) is 35.5 Å². The van der Waals surface area contributed by atoms with Gasteiger partial charge >= 0.3 is 6.18 Å². The smallest absolute Gasteiger partial charge is 0.391 e. The second kappa shape index (κ2) is 7.74. The third kappa shape index (κ3) is 4.75. The average Bonchev–Trinajstić information content (AvgIpc) is 3.45. The molecule has 2 aliphatic rings. The molecule has 2 heterocycles. The summed E-state index contributed by atoms with van der Waals surface area (Å²) in [5.74, 6) is 1.08. The number of hydrogen-bond donors (Lipinski definition) is 3. The van der Waals surface area contributed by atoms with Crippen LogP contribution in [0, 0.1) is 5.92 Å². The lowest BCUT2D eigenvalue weighted by Crippen LogP contribution is -2.29. The average molecular weight is 408 g/mol. The van der Waals surface area contributed by atoms with Crippen LogP contribution in [0.5, 0.6) is 0 Å². The summed E-state index contributed by atoms with van der Waals surface area (Å²) in [4.78, 5) is 16.6. The minimum Gasteiger partial charge on any atom is -0.391 e. The SMILES string of the molecule is CC(Nc1nc(NC2CCCC2O)nc(-c2cccc(C(F)(F)F)n2)n1)C1CC1. The Kier molecular flexibility index (Phi) is 5.28. The van der Waals surface area contributed by atoms with Gasteiger partial charge in [-0.05, 0) is 57.1 Å². The van der Waals surface area contributed by atoms with Crippen molar-refractivity contribution in [2.45, 2.75) is 63.4 Å². The van der Waals surface area contributed by atoms with Crippen LogP contribution in [0.3, 0.4) is 0 Å². The third-order valence-electron chi connectivity index (χ3n) is 5.38. The standard InChI is InChI=1S/C19H23F3N6O/c1-10(11-8-9-11)23-17-26-16(13-5-3-7-15(24-13)19(20,21)22)27-18(28-17)25-12-4-2-6-14(12)29/h3,5,7,10-12,14,29H,2,4,6,8-9H2,1H3,(H2,23,25,26,27,28). The second-order valence-corrected chi connectivity index (χ2v) is 7.73. The van der Waals surface area contributed by atoms with Crippen molar-refractivity contribution in [2.24, 2.45) is 5.92 Å². The molecule has 0 bridgehead atoms. The van der Waals surface area contributed by atoms with Gasteiger partial charge in [-0.15, -0.1) is 0 Å². The molecule has 2 saturated carbocycles. The van der Waals surface area contributed by atoms with Gasteiger partial charge in [0.1, 0.15) is 11.4 Å². The third-order valence-corrected chi connectivity index (χ3v) is 5.38. The number of rotatable bonds is 6. The summed E-state index contributed by atoms with van der Waals surface area (Å²) in [6.07, 6.45) is -0.472. The predicted octanol–water partition coefficient (Wildman–Crippen LogP) is 3.49. The molecule has 7 nitrogen and oxygen atoms in total. The molecule has 0 radical (unpaired) electrons. The molecule has 4 rings (SSSR count). The molecule has 0 amide bonds. The molecule has 2 aromatic rings. The molecule has 2 fully saturated rings. The molecule has 0 saturated heterocycles. The van der Waals surface area contributed by atoms with E-state index in [9.17, 15) is 18.3 Å². The maximum absolute atomic E-state index is 13.1. The number of nitrogens with one attached hydrogen (secondary N) is 2. The molecule has 29 heavy (non-hydrogen) atoms. The molecular formula is C19H23F3N6O. The quantitative estimate of drug-likeness (QED) is 0.673. The van der Waals surface area contributed by atoms with Crippen LogP contribution >= 0.6 is 0 Å². The second-order valence-electron chi connectivity index (χ2n) is 7.73. The van der Waals surface area contributed by atoms with Crippen LogP contribution in [-0.2, 0) is 6.18 Å². The molecule has 0 aromatic carbocycles. The summed E-state index contributed by atoms with van der Waals surface area (Å²) < 4.78 is 39.2. The van der Waals surface area contributed by atoms with Crippen LogP contribution in [0.15, 0.2) is 18.2 Å². The molecule has 3 unspecified atom stereocenters. The Balaban J connectivity index is 1.67. The van der Waals surface area contributed by atoms with Crippen molar-refractivity contribution >= 4 is 11.9 Å². The van der Waals surface area contributed by atoms with Crippen molar-refractivity contribution in [1.82, 2.24) is 19.9 Å². The van der Waals surface area contributed by atoms with E-state index in [1.807, 2.05) is 6.92 Å². The molecule has 2 aromatic heterocycles. The summed E-state index contributed by atoms with van der Waals surface area (Å²) in [5, 5.41) is 16.4. The van der Waals surface area contributed by atoms with E-state index in [1.165, 1.54) is 12.1 Å². The van der Waals surface area contributed by atoms with Crippen LogP contribution in [0.4, 0.5) is 25.1 Å². The van der Waals surface area contributed by atoms with E-state index >= 15 is 0 Å². The Morgan fingerprint density at radius 2 is 1.79 bits per heavy atom. The predicted molar refractivity (Wildman–Crippen MR) is 101 cm³/mol. The van der Waals surface area contributed by atoms with Crippen LogP contribution in [-0.4, -0.2) is 43.2 Å². The monoisotopic (exact) mass is 408 g/mol. The van der Waals surface area contributed by atoms with Crippen molar-refractivity contribution in [1.29, 1.82) is 0 Å². The molecule has 3 N–H and O–H groups in total. The van der Waals surface area contributed by atoms with Gasteiger partial charge in [-0.3, -0.25) is 0 Å².